The van der Waals surface area contributed by atoms with E-state index in [-0.39, 0.29) is 35.4 Å². The molecule has 0 heterocycles. The summed E-state index contributed by atoms with van der Waals surface area (Å²) in [6.07, 6.45) is 13.2. The van der Waals surface area contributed by atoms with E-state index in [1.165, 1.54) is 38.5 Å². The third-order valence-corrected chi connectivity index (χ3v) is 6.98. The number of carbonyl (C=O) groups excluding carboxylic acids is 1. The van der Waals surface area contributed by atoms with Crippen molar-refractivity contribution in [3.63, 3.8) is 0 Å². The molecule has 3 nitrogen and oxygen atoms in total. The molecule has 3 heteroatoms. The summed E-state index contributed by atoms with van der Waals surface area (Å²) in [5.41, 5.74) is -0.267. The topological polar surface area (TPSA) is 46.5 Å². The van der Waals surface area contributed by atoms with Crippen LogP contribution >= 0.6 is 0 Å². The maximum absolute atomic E-state index is 12.8. The molecule has 0 amide bonds. The van der Waals surface area contributed by atoms with E-state index in [0.717, 1.165) is 18.8 Å². The van der Waals surface area contributed by atoms with Crippen molar-refractivity contribution in [2.75, 3.05) is 0 Å². The first-order valence-electron chi connectivity index (χ1n) is 9.18. The van der Waals surface area contributed by atoms with Gasteiger partial charge in [-0.3, -0.25) is 4.79 Å². The Kier molecular flexibility index (Phi) is 3.60. The lowest BCUT2D eigenvalue weighted by Gasteiger charge is -2.48. The second-order valence-corrected chi connectivity index (χ2v) is 8.24. The number of hydrogen-bond donors (Lipinski definition) is 1. The monoisotopic (exact) mass is 304 g/mol. The normalized spacial score (nSPS) is 49.9. The van der Waals surface area contributed by atoms with E-state index in [1.54, 1.807) is 0 Å². The lowest BCUT2D eigenvalue weighted by atomic mass is 9.63. The highest BCUT2D eigenvalue weighted by atomic mass is 16.6. The molecule has 0 radical (unpaired) electrons. The Morgan fingerprint density at radius 1 is 1.18 bits per heavy atom. The molecule has 0 saturated heterocycles. The van der Waals surface area contributed by atoms with Gasteiger partial charge in [0.15, 0.2) is 0 Å². The van der Waals surface area contributed by atoms with Crippen LogP contribution in [0.25, 0.3) is 0 Å². The third-order valence-electron chi connectivity index (χ3n) is 6.98. The summed E-state index contributed by atoms with van der Waals surface area (Å²) in [5.74, 6) is 1.30. The summed E-state index contributed by atoms with van der Waals surface area (Å²) in [4.78, 5) is 12.8. The van der Waals surface area contributed by atoms with Crippen LogP contribution in [0.1, 0.15) is 58.3 Å². The van der Waals surface area contributed by atoms with Crippen LogP contribution in [-0.4, -0.2) is 22.8 Å². The van der Waals surface area contributed by atoms with Gasteiger partial charge in [0.2, 0.25) is 0 Å². The standard InChI is InChI=1S/C19H28O3/c1-19(10-4-6-12-5-2-3-7-16(12)19)22-18(21)15-11-13-8-9-14(15)17(13)20/h8-9,12-17,20H,2-7,10-11H2,1H3. The molecule has 0 aromatic rings. The average molecular weight is 304 g/mol. The Morgan fingerprint density at radius 2 is 1.95 bits per heavy atom. The molecule has 4 rings (SSSR count). The van der Waals surface area contributed by atoms with Crippen molar-refractivity contribution in [2.45, 2.75) is 70.0 Å². The summed E-state index contributed by atoms with van der Waals surface area (Å²) >= 11 is 0. The number of rotatable bonds is 2. The van der Waals surface area contributed by atoms with Crippen molar-refractivity contribution >= 4 is 5.97 Å². The summed E-state index contributed by atoms with van der Waals surface area (Å²) < 4.78 is 6.15. The maximum atomic E-state index is 12.8. The largest absolute Gasteiger partial charge is 0.459 e. The fourth-order valence-corrected chi connectivity index (χ4v) is 5.77. The maximum Gasteiger partial charge on any atom is 0.310 e. The van der Waals surface area contributed by atoms with Gasteiger partial charge in [-0.25, -0.2) is 0 Å². The summed E-state index contributed by atoms with van der Waals surface area (Å²) in [6, 6.07) is 0. The van der Waals surface area contributed by atoms with E-state index >= 15 is 0 Å². The zero-order valence-electron chi connectivity index (χ0n) is 13.5. The third kappa shape index (κ3) is 2.24. The number of esters is 1. The van der Waals surface area contributed by atoms with Gasteiger partial charge in [-0.2, -0.15) is 0 Å². The SMILES string of the molecule is CC1(OC(=O)C2CC3C=CC2C3O)CCCC2CCCCC21. The minimum atomic E-state index is -0.362. The molecule has 1 N–H and O–H groups in total. The van der Waals surface area contributed by atoms with Gasteiger partial charge < -0.3 is 9.84 Å². The molecule has 0 aromatic carbocycles. The van der Waals surface area contributed by atoms with Crippen LogP contribution in [0.2, 0.25) is 0 Å². The molecule has 122 valence electrons. The zero-order valence-corrected chi connectivity index (χ0v) is 13.5. The molecule has 3 saturated carbocycles. The average Bonchev–Trinajstić information content (AvgIpc) is 3.03. The predicted molar refractivity (Wildman–Crippen MR) is 84.0 cm³/mol. The Morgan fingerprint density at radius 3 is 2.68 bits per heavy atom. The van der Waals surface area contributed by atoms with Crippen LogP contribution in [0.5, 0.6) is 0 Å². The molecule has 7 unspecified atom stereocenters. The molecular weight excluding hydrogens is 276 g/mol. The molecular formula is C19H28O3. The Hall–Kier alpha value is -0.830. The highest BCUT2D eigenvalue weighted by Gasteiger charge is 2.51. The van der Waals surface area contributed by atoms with Crippen LogP contribution < -0.4 is 0 Å². The highest BCUT2D eigenvalue weighted by Crippen LogP contribution is 2.49. The van der Waals surface area contributed by atoms with E-state index in [0.29, 0.717) is 5.92 Å². The summed E-state index contributed by atoms with van der Waals surface area (Å²) in [7, 11) is 0. The molecule has 22 heavy (non-hydrogen) atoms. The van der Waals surface area contributed by atoms with E-state index in [4.69, 9.17) is 4.74 Å². The number of fused-ring (bicyclic) bond motifs is 3. The fourth-order valence-electron chi connectivity index (χ4n) is 5.77. The van der Waals surface area contributed by atoms with Crippen LogP contribution in [-0.2, 0) is 9.53 Å². The van der Waals surface area contributed by atoms with Crippen LogP contribution in [0.15, 0.2) is 12.2 Å². The first-order valence-corrected chi connectivity index (χ1v) is 9.18. The van der Waals surface area contributed by atoms with Gasteiger partial charge in [-0.05, 0) is 44.9 Å². The van der Waals surface area contributed by atoms with Gasteiger partial charge in [0.25, 0.3) is 0 Å². The van der Waals surface area contributed by atoms with E-state index in [9.17, 15) is 9.90 Å². The molecule has 7 atom stereocenters. The van der Waals surface area contributed by atoms with Crippen molar-refractivity contribution in [1.82, 2.24) is 0 Å². The van der Waals surface area contributed by atoms with Crippen molar-refractivity contribution in [2.24, 2.45) is 29.6 Å². The quantitative estimate of drug-likeness (QED) is 0.628. The van der Waals surface area contributed by atoms with E-state index < -0.39 is 0 Å². The first-order chi connectivity index (χ1) is 10.6. The van der Waals surface area contributed by atoms with Gasteiger partial charge in [0.1, 0.15) is 5.60 Å². The minimum absolute atomic E-state index is 0.00755. The molecule has 4 aliphatic rings. The second kappa shape index (κ2) is 5.36. The molecule has 2 bridgehead atoms. The number of aliphatic hydroxyl groups is 1. The van der Waals surface area contributed by atoms with Gasteiger partial charge in [0.05, 0.1) is 12.0 Å². The molecule has 0 spiro atoms. The fraction of sp³-hybridized carbons (Fsp3) is 0.842. The van der Waals surface area contributed by atoms with Crippen molar-refractivity contribution < 1.29 is 14.6 Å². The first kappa shape index (κ1) is 14.7. The van der Waals surface area contributed by atoms with Gasteiger partial charge in [-0.15, -0.1) is 0 Å². The van der Waals surface area contributed by atoms with E-state index in [2.05, 4.69) is 13.0 Å². The lowest BCUT2D eigenvalue weighted by Crippen LogP contribution is -2.48. The van der Waals surface area contributed by atoms with E-state index in [1.807, 2.05) is 6.08 Å². The number of carbonyl (C=O) groups is 1. The van der Waals surface area contributed by atoms with Gasteiger partial charge >= 0.3 is 5.97 Å². The molecule has 0 aromatic heterocycles. The van der Waals surface area contributed by atoms with Gasteiger partial charge in [0, 0.05) is 17.8 Å². The number of aliphatic hydroxyl groups excluding tert-OH is 1. The van der Waals surface area contributed by atoms with Crippen molar-refractivity contribution in [3.05, 3.63) is 12.2 Å². The predicted octanol–water partition coefficient (Wildman–Crippen LogP) is 3.46. The smallest absolute Gasteiger partial charge is 0.310 e. The Labute approximate surface area is 133 Å². The second-order valence-electron chi connectivity index (χ2n) is 8.24. The number of hydrogen-bond acceptors (Lipinski definition) is 3. The van der Waals surface area contributed by atoms with Crippen molar-refractivity contribution in [3.8, 4) is 0 Å². The van der Waals surface area contributed by atoms with Crippen molar-refractivity contribution in [1.29, 1.82) is 0 Å². The van der Waals surface area contributed by atoms with Crippen LogP contribution in [0, 0.1) is 29.6 Å². The summed E-state index contributed by atoms with van der Waals surface area (Å²) in [5, 5.41) is 10.1. The molecule has 3 fully saturated rings. The highest BCUT2D eigenvalue weighted by molar-refractivity contribution is 5.75. The summed E-state index contributed by atoms with van der Waals surface area (Å²) in [6.45, 7) is 2.17. The zero-order chi connectivity index (χ0) is 15.3. The van der Waals surface area contributed by atoms with Crippen LogP contribution in [0.4, 0.5) is 0 Å². The minimum Gasteiger partial charge on any atom is -0.459 e. The van der Waals surface area contributed by atoms with Gasteiger partial charge in [-0.1, -0.05) is 31.4 Å². The van der Waals surface area contributed by atoms with Crippen LogP contribution in [0.3, 0.4) is 0 Å². The molecule has 4 aliphatic carbocycles. The molecule has 0 aliphatic heterocycles. The number of ether oxygens (including phenoxy) is 1. The lowest BCUT2D eigenvalue weighted by molar-refractivity contribution is -0.180. The Balaban J connectivity index is 1.47. The Bertz CT molecular complexity index is 483.